The third-order valence-electron chi connectivity index (χ3n) is 8.79. The first kappa shape index (κ1) is 38.7. The molecular formula is C41H52O9. The molecule has 2 atom stereocenters. The summed E-state index contributed by atoms with van der Waals surface area (Å²) < 4.78 is 32.9. The maximum Gasteiger partial charge on any atom is 0.122 e. The molecule has 3 N–H and O–H groups in total. The molecule has 270 valence electrons. The highest BCUT2D eigenvalue weighted by atomic mass is 16.5. The van der Waals surface area contributed by atoms with E-state index in [9.17, 15) is 15.3 Å². The lowest BCUT2D eigenvalue weighted by Crippen LogP contribution is -2.25. The molecule has 0 saturated heterocycles. The molecule has 0 aliphatic heterocycles. The monoisotopic (exact) mass is 688 g/mol. The van der Waals surface area contributed by atoms with Gasteiger partial charge in [0.1, 0.15) is 67.7 Å². The predicted molar refractivity (Wildman–Crippen MR) is 194 cm³/mol. The first-order valence-corrected chi connectivity index (χ1v) is 16.9. The topological polar surface area (TPSA) is 116 Å². The Bertz CT molecular complexity index is 1430. The van der Waals surface area contributed by atoms with Crippen molar-refractivity contribution in [1.29, 1.82) is 0 Å². The minimum Gasteiger partial charge on any atom is -0.491 e. The minimum absolute atomic E-state index is 0.0967. The number of hydrogen-bond donors (Lipinski definition) is 3. The van der Waals surface area contributed by atoms with E-state index in [1.54, 1.807) is 14.2 Å². The molecule has 9 heteroatoms. The Morgan fingerprint density at radius 2 is 0.580 bits per heavy atom. The van der Waals surface area contributed by atoms with Gasteiger partial charge in [-0.25, -0.2) is 0 Å². The Kier molecular flexibility index (Phi) is 14.1. The van der Waals surface area contributed by atoms with Crippen molar-refractivity contribution in [3.8, 4) is 23.0 Å². The molecule has 0 saturated carbocycles. The van der Waals surface area contributed by atoms with Crippen LogP contribution in [0.25, 0.3) is 0 Å². The highest BCUT2D eigenvalue weighted by Gasteiger charge is 2.24. The van der Waals surface area contributed by atoms with Crippen molar-refractivity contribution >= 4 is 0 Å². The summed E-state index contributed by atoms with van der Waals surface area (Å²) >= 11 is 0. The second-order valence-corrected chi connectivity index (χ2v) is 13.5. The highest BCUT2D eigenvalue weighted by Crippen LogP contribution is 2.35. The van der Waals surface area contributed by atoms with Crippen LogP contribution >= 0.6 is 0 Å². The van der Waals surface area contributed by atoms with Crippen molar-refractivity contribution in [2.24, 2.45) is 0 Å². The molecule has 50 heavy (non-hydrogen) atoms. The number of aliphatic hydroxyl groups is 3. The van der Waals surface area contributed by atoms with Gasteiger partial charge in [0.25, 0.3) is 0 Å². The van der Waals surface area contributed by atoms with Crippen LogP contribution in [0.4, 0.5) is 0 Å². The number of ether oxygens (including phenoxy) is 6. The van der Waals surface area contributed by atoms with Gasteiger partial charge in [0.05, 0.1) is 13.2 Å². The lowest BCUT2D eigenvalue weighted by Gasteiger charge is -2.27. The summed E-state index contributed by atoms with van der Waals surface area (Å²) in [4.78, 5) is 0. The van der Waals surface area contributed by atoms with Gasteiger partial charge in [-0.15, -0.1) is 0 Å². The van der Waals surface area contributed by atoms with Crippen molar-refractivity contribution in [2.45, 2.75) is 56.8 Å². The fourth-order valence-corrected chi connectivity index (χ4v) is 5.50. The van der Waals surface area contributed by atoms with Gasteiger partial charge in [0, 0.05) is 25.0 Å². The maximum absolute atomic E-state index is 10.6. The summed E-state index contributed by atoms with van der Waals surface area (Å²) in [5.41, 5.74) is 3.95. The van der Waals surface area contributed by atoms with Crippen LogP contribution in [0.3, 0.4) is 0 Å². The van der Waals surface area contributed by atoms with Gasteiger partial charge in [0.15, 0.2) is 0 Å². The van der Waals surface area contributed by atoms with E-state index < -0.39 is 18.3 Å². The minimum atomic E-state index is -0.810. The van der Waals surface area contributed by atoms with Gasteiger partial charge < -0.3 is 43.7 Å². The summed E-state index contributed by atoms with van der Waals surface area (Å²) in [5, 5.41) is 30.2. The van der Waals surface area contributed by atoms with Crippen LogP contribution in [-0.2, 0) is 20.3 Å². The van der Waals surface area contributed by atoms with Crippen LogP contribution < -0.4 is 18.9 Å². The number of benzene rings is 4. The van der Waals surface area contributed by atoms with Crippen LogP contribution in [0.1, 0.15) is 49.9 Å². The fourth-order valence-electron chi connectivity index (χ4n) is 5.50. The zero-order valence-corrected chi connectivity index (χ0v) is 30.0. The standard InChI is InChI=1S/C41H52O9/c1-40(2,29-7-15-36(16-8-29)47-25-33(42)23-45-5)31-11-19-38(20-12-31)49-27-35(44)28-50-39-21-13-32(14-22-39)41(3,4)30-9-17-37(18-10-30)48-26-34(43)24-46-6/h7-22,33-35,42-44H,23-28H2,1-6H3. The number of hydrogen-bond acceptors (Lipinski definition) is 9. The van der Waals surface area contributed by atoms with Crippen molar-refractivity contribution in [2.75, 3.05) is 53.9 Å². The number of aliphatic hydroxyl groups excluding tert-OH is 3. The Morgan fingerprint density at radius 3 is 0.780 bits per heavy atom. The van der Waals surface area contributed by atoms with Crippen molar-refractivity contribution in [1.82, 2.24) is 0 Å². The van der Waals surface area contributed by atoms with E-state index in [4.69, 9.17) is 28.4 Å². The Balaban J connectivity index is 1.23. The molecule has 9 nitrogen and oxygen atoms in total. The summed E-state index contributed by atoms with van der Waals surface area (Å²) in [6.45, 7) is 9.61. The molecular weight excluding hydrogens is 636 g/mol. The van der Waals surface area contributed by atoms with Crippen molar-refractivity contribution < 1.29 is 43.7 Å². The lowest BCUT2D eigenvalue weighted by molar-refractivity contribution is 0.0325. The summed E-state index contributed by atoms with van der Waals surface area (Å²) in [6.07, 6.45) is -2.15. The zero-order valence-electron chi connectivity index (χ0n) is 30.0. The molecule has 2 unspecified atom stereocenters. The van der Waals surface area contributed by atoms with E-state index >= 15 is 0 Å². The molecule has 0 bridgehead atoms. The van der Waals surface area contributed by atoms with E-state index in [1.807, 2.05) is 97.1 Å². The van der Waals surface area contributed by atoms with Crippen LogP contribution in [0, 0.1) is 0 Å². The summed E-state index contributed by atoms with van der Waals surface area (Å²) in [5.74, 6) is 2.71. The van der Waals surface area contributed by atoms with Gasteiger partial charge in [0.2, 0.25) is 0 Å². The van der Waals surface area contributed by atoms with Gasteiger partial charge in [-0.1, -0.05) is 76.2 Å². The second kappa shape index (κ2) is 18.2. The van der Waals surface area contributed by atoms with Crippen LogP contribution in [-0.4, -0.2) is 87.5 Å². The molecule has 4 aromatic carbocycles. The van der Waals surface area contributed by atoms with E-state index in [-0.39, 0.29) is 50.5 Å². The molecule has 0 fully saturated rings. The van der Waals surface area contributed by atoms with Crippen molar-refractivity contribution in [3.05, 3.63) is 119 Å². The lowest BCUT2D eigenvalue weighted by atomic mass is 9.78. The largest absolute Gasteiger partial charge is 0.491 e. The average molecular weight is 689 g/mol. The molecule has 0 spiro atoms. The van der Waals surface area contributed by atoms with Crippen LogP contribution in [0.5, 0.6) is 23.0 Å². The van der Waals surface area contributed by atoms with Gasteiger partial charge in [-0.3, -0.25) is 0 Å². The second-order valence-electron chi connectivity index (χ2n) is 13.5. The fraction of sp³-hybridized carbons (Fsp3) is 0.415. The number of rotatable bonds is 20. The average Bonchev–Trinajstić information content (AvgIpc) is 3.12. The van der Waals surface area contributed by atoms with E-state index in [0.29, 0.717) is 23.0 Å². The summed E-state index contributed by atoms with van der Waals surface area (Å²) in [7, 11) is 3.09. The van der Waals surface area contributed by atoms with Gasteiger partial charge in [-0.2, -0.15) is 0 Å². The molecule has 0 aliphatic rings. The SMILES string of the molecule is COCC(O)COc1ccc(C(C)(C)c2ccc(OCC(O)COc3ccc(C(C)(C)c4ccc(OCC(O)COC)cc4)cc3)cc2)cc1. The van der Waals surface area contributed by atoms with E-state index in [1.165, 1.54) is 0 Å². The molecule has 0 heterocycles. The summed E-state index contributed by atoms with van der Waals surface area (Å²) in [6, 6.07) is 31.5. The zero-order chi connectivity index (χ0) is 36.1. The smallest absolute Gasteiger partial charge is 0.122 e. The normalized spacial score (nSPS) is 13.7. The molecule has 4 rings (SSSR count). The third kappa shape index (κ3) is 10.9. The highest BCUT2D eigenvalue weighted by molar-refractivity contribution is 5.43. The van der Waals surface area contributed by atoms with Gasteiger partial charge >= 0.3 is 0 Å². The van der Waals surface area contributed by atoms with E-state index in [0.717, 1.165) is 22.3 Å². The molecule has 4 aromatic rings. The predicted octanol–water partition coefficient (Wildman–Crippen LogP) is 5.93. The molecule has 0 aromatic heterocycles. The van der Waals surface area contributed by atoms with Crippen LogP contribution in [0.15, 0.2) is 97.1 Å². The number of methoxy groups -OCH3 is 2. The van der Waals surface area contributed by atoms with Crippen molar-refractivity contribution in [3.63, 3.8) is 0 Å². The Morgan fingerprint density at radius 1 is 0.380 bits per heavy atom. The maximum atomic E-state index is 10.6. The van der Waals surface area contributed by atoms with Crippen LogP contribution in [0.2, 0.25) is 0 Å². The first-order valence-electron chi connectivity index (χ1n) is 16.9. The Hall–Kier alpha value is -4.12. The molecule has 0 amide bonds. The quantitative estimate of drug-likeness (QED) is 0.104. The third-order valence-corrected chi connectivity index (χ3v) is 8.79. The molecule has 0 radical (unpaired) electrons. The first-order chi connectivity index (χ1) is 23.9. The van der Waals surface area contributed by atoms with Gasteiger partial charge in [-0.05, 0) is 70.8 Å². The molecule has 0 aliphatic carbocycles. The van der Waals surface area contributed by atoms with E-state index in [2.05, 4.69) is 27.7 Å². The Labute approximate surface area is 296 Å².